The maximum absolute atomic E-state index is 10.8. The normalized spacial score (nSPS) is 12.1. The lowest BCUT2D eigenvalue weighted by atomic mass is 9.96. The van der Waals surface area contributed by atoms with Crippen LogP contribution in [-0.2, 0) is 16.0 Å². The van der Waals surface area contributed by atoms with Crippen LogP contribution in [0.25, 0.3) is 0 Å². The molecule has 0 saturated carbocycles. The molecule has 1 unspecified atom stereocenters. The van der Waals surface area contributed by atoms with Gasteiger partial charge < -0.3 is 9.59 Å². The Morgan fingerprint density at radius 3 is 2.50 bits per heavy atom. The molecule has 0 aliphatic heterocycles. The second-order valence-electron chi connectivity index (χ2n) is 3.49. The molecule has 1 rings (SSSR count). The summed E-state index contributed by atoms with van der Waals surface area (Å²) in [5.74, 6) is -0.104. The molecule has 0 heterocycles. The summed E-state index contributed by atoms with van der Waals surface area (Å²) >= 11 is 0. The van der Waals surface area contributed by atoms with E-state index in [1.807, 2.05) is 30.3 Å². The molecule has 0 aliphatic carbocycles. The van der Waals surface area contributed by atoms with Crippen molar-refractivity contribution in [3.05, 3.63) is 35.9 Å². The summed E-state index contributed by atoms with van der Waals surface area (Å²) in [6, 6.07) is 9.74. The number of hydrogen-bond acceptors (Lipinski definition) is 2. The average Bonchev–Trinajstić information content (AvgIpc) is 2.17. The highest BCUT2D eigenvalue weighted by molar-refractivity contribution is 5.78. The lowest BCUT2D eigenvalue weighted by Crippen LogP contribution is -2.10. The number of carbonyl (C=O) groups excluding carboxylic acids is 2. The van der Waals surface area contributed by atoms with Crippen molar-refractivity contribution in [2.24, 2.45) is 5.92 Å². The van der Waals surface area contributed by atoms with E-state index in [2.05, 4.69) is 0 Å². The van der Waals surface area contributed by atoms with E-state index in [-0.39, 0.29) is 11.7 Å². The van der Waals surface area contributed by atoms with Gasteiger partial charge in [-0.2, -0.15) is 0 Å². The quantitative estimate of drug-likeness (QED) is 0.666. The number of carbonyl (C=O) groups is 2. The topological polar surface area (TPSA) is 34.1 Å². The highest BCUT2D eigenvalue weighted by Gasteiger charge is 2.10. The maximum atomic E-state index is 10.8. The molecule has 0 saturated heterocycles. The molecule has 1 aromatic rings. The van der Waals surface area contributed by atoms with Crippen molar-refractivity contribution in [1.29, 1.82) is 0 Å². The van der Waals surface area contributed by atoms with Crippen molar-refractivity contribution in [2.45, 2.75) is 19.8 Å². The third kappa shape index (κ3) is 3.52. The first-order chi connectivity index (χ1) is 6.72. The van der Waals surface area contributed by atoms with E-state index in [0.29, 0.717) is 12.8 Å². The number of benzene rings is 1. The molecule has 2 nitrogen and oxygen atoms in total. The summed E-state index contributed by atoms with van der Waals surface area (Å²) in [6.07, 6.45) is 1.87. The number of aldehydes is 1. The summed E-state index contributed by atoms with van der Waals surface area (Å²) in [6.45, 7) is 1.52. The minimum atomic E-state index is -0.171. The summed E-state index contributed by atoms with van der Waals surface area (Å²) in [5, 5.41) is 0. The Balaban J connectivity index is 2.57. The molecule has 1 atom stereocenters. The van der Waals surface area contributed by atoms with Crippen LogP contribution in [0.2, 0.25) is 0 Å². The number of hydrogen-bond donors (Lipinski definition) is 0. The Hall–Kier alpha value is -1.44. The van der Waals surface area contributed by atoms with Crippen LogP contribution in [0.1, 0.15) is 18.9 Å². The van der Waals surface area contributed by atoms with Crippen LogP contribution in [0.15, 0.2) is 30.3 Å². The number of Topliss-reactive ketones (excluding diaryl/α,β-unsaturated/α-hetero) is 1. The fourth-order valence-electron chi connectivity index (χ4n) is 1.45. The van der Waals surface area contributed by atoms with Gasteiger partial charge in [0, 0.05) is 12.3 Å². The molecule has 2 heteroatoms. The Morgan fingerprint density at radius 2 is 2.00 bits per heavy atom. The van der Waals surface area contributed by atoms with Crippen LogP contribution in [0.3, 0.4) is 0 Å². The van der Waals surface area contributed by atoms with Gasteiger partial charge >= 0.3 is 0 Å². The van der Waals surface area contributed by atoms with Crippen molar-refractivity contribution < 1.29 is 9.59 Å². The van der Waals surface area contributed by atoms with Gasteiger partial charge in [-0.15, -0.1) is 0 Å². The summed E-state index contributed by atoms with van der Waals surface area (Å²) in [4.78, 5) is 21.5. The molecule has 0 bridgehead atoms. The van der Waals surface area contributed by atoms with Gasteiger partial charge in [0.15, 0.2) is 0 Å². The van der Waals surface area contributed by atoms with Crippen LogP contribution in [0.4, 0.5) is 0 Å². The molecular weight excluding hydrogens is 176 g/mol. The smallest absolute Gasteiger partial charge is 0.130 e. The fourth-order valence-corrected chi connectivity index (χ4v) is 1.45. The van der Waals surface area contributed by atoms with E-state index in [1.54, 1.807) is 0 Å². The third-order valence-electron chi connectivity index (χ3n) is 2.08. The fraction of sp³-hybridized carbons (Fsp3) is 0.333. The van der Waals surface area contributed by atoms with E-state index in [4.69, 9.17) is 0 Å². The lowest BCUT2D eigenvalue weighted by Gasteiger charge is -2.07. The summed E-state index contributed by atoms with van der Waals surface area (Å²) in [5.41, 5.74) is 1.10. The standard InChI is InChI=1S/C12H14O2/c1-10(14)7-12(9-13)8-11-5-3-2-4-6-11/h2-6,9,12H,7-8H2,1H3. The molecule has 0 aromatic heterocycles. The minimum absolute atomic E-state index is 0.0676. The average molecular weight is 190 g/mol. The van der Waals surface area contributed by atoms with Crippen LogP contribution in [0, 0.1) is 5.92 Å². The second kappa shape index (κ2) is 5.32. The van der Waals surface area contributed by atoms with Gasteiger partial charge in [-0.1, -0.05) is 30.3 Å². The Morgan fingerprint density at radius 1 is 1.36 bits per heavy atom. The second-order valence-corrected chi connectivity index (χ2v) is 3.49. The number of ketones is 1. The van der Waals surface area contributed by atoms with Crippen LogP contribution >= 0.6 is 0 Å². The predicted molar refractivity (Wildman–Crippen MR) is 55.0 cm³/mol. The minimum Gasteiger partial charge on any atom is -0.303 e. The first kappa shape index (κ1) is 10.6. The predicted octanol–water partition coefficient (Wildman–Crippen LogP) is 2.02. The maximum Gasteiger partial charge on any atom is 0.130 e. The van der Waals surface area contributed by atoms with Gasteiger partial charge in [0.05, 0.1) is 0 Å². The van der Waals surface area contributed by atoms with Crippen molar-refractivity contribution >= 4 is 12.1 Å². The SMILES string of the molecule is CC(=O)CC(C=O)Cc1ccccc1. The van der Waals surface area contributed by atoms with Crippen molar-refractivity contribution in [3.8, 4) is 0 Å². The van der Waals surface area contributed by atoms with E-state index < -0.39 is 0 Å². The molecule has 0 spiro atoms. The van der Waals surface area contributed by atoms with E-state index in [1.165, 1.54) is 6.92 Å². The van der Waals surface area contributed by atoms with Gasteiger partial charge in [-0.25, -0.2) is 0 Å². The Bertz CT molecular complexity index is 303. The van der Waals surface area contributed by atoms with Gasteiger partial charge in [0.25, 0.3) is 0 Å². The van der Waals surface area contributed by atoms with E-state index in [0.717, 1.165) is 11.8 Å². The monoisotopic (exact) mass is 190 g/mol. The van der Waals surface area contributed by atoms with Crippen LogP contribution in [-0.4, -0.2) is 12.1 Å². The third-order valence-corrected chi connectivity index (χ3v) is 2.08. The van der Waals surface area contributed by atoms with Crippen molar-refractivity contribution in [1.82, 2.24) is 0 Å². The Labute approximate surface area is 83.9 Å². The lowest BCUT2D eigenvalue weighted by molar-refractivity contribution is -0.121. The first-order valence-corrected chi connectivity index (χ1v) is 4.71. The van der Waals surface area contributed by atoms with Gasteiger partial charge in [0.1, 0.15) is 12.1 Å². The van der Waals surface area contributed by atoms with Gasteiger partial charge in [-0.3, -0.25) is 0 Å². The summed E-state index contributed by atoms with van der Waals surface area (Å²) < 4.78 is 0. The van der Waals surface area contributed by atoms with Gasteiger partial charge in [-0.05, 0) is 18.9 Å². The van der Waals surface area contributed by atoms with E-state index >= 15 is 0 Å². The largest absolute Gasteiger partial charge is 0.303 e. The van der Waals surface area contributed by atoms with E-state index in [9.17, 15) is 9.59 Å². The molecule has 1 aromatic carbocycles. The highest BCUT2D eigenvalue weighted by Crippen LogP contribution is 2.10. The van der Waals surface area contributed by atoms with Crippen LogP contribution < -0.4 is 0 Å². The van der Waals surface area contributed by atoms with Crippen molar-refractivity contribution in [3.63, 3.8) is 0 Å². The zero-order chi connectivity index (χ0) is 10.4. The van der Waals surface area contributed by atoms with Crippen molar-refractivity contribution in [2.75, 3.05) is 0 Å². The molecule has 0 amide bonds. The molecular formula is C12H14O2. The first-order valence-electron chi connectivity index (χ1n) is 4.71. The number of rotatable bonds is 5. The molecule has 0 radical (unpaired) electrons. The van der Waals surface area contributed by atoms with Crippen LogP contribution in [0.5, 0.6) is 0 Å². The zero-order valence-electron chi connectivity index (χ0n) is 8.27. The molecule has 0 aliphatic rings. The highest BCUT2D eigenvalue weighted by atomic mass is 16.1. The molecule has 0 fully saturated rings. The zero-order valence-corrected chi connectivity index (χ0v) is 8.27. The Kier molecular flexibility index (Phi) is 4.05. The molecule has 0 N–H and O–H groups in total. The summed E-state index contributed by atoms with van der Waals surface area (Å²) in [7, 11) is 0. The molecule has 74 valence electrons. The van der Waals surface area contributed by atoms with Gasteiger partial charge in [0.2, 0.25) is 0 Å². The molecule has 14 heavy (non-hydrogen) atoms.